The van der Waals surface area contributed by atoms with Gasteiger partial charge in [-0.05, 0) is 37.0 Å². The first-order valence-corrected chi connectivity index (χ1v) is 20.7. The molecule has 24 heteroatoms. The van der Waals surface area contributed by atoms with Gasteiger partial charge in [0.25, 0.3) is 0 Å². The molecule has 2 heterocycles. The molecule has 0 spiro atoms. The van der Waals surface area contributed by atoms with Gasteiger partial charge in [-0.25, -0.2) is 9.78 Å². The van der Waals surface area contributed by atoms with Gasteiger partial charge in [0.05, 0.1) is 49.6 Å². The van der Waals surface area contributed by atoms with Crippen molar-refractivity contribution in [2.45, 2.75) is 63.7 Å². The zero-order valence-corrected chi connectivity index (χ0v) is 35.0. The fourth-order valence-corrected chi connectivity index (χ4v) is 7.47. The number of fused-ring (bicyclic) bond motifs is 1. The number of anilines is 1. The number of nitrogens with one attached hydrogen (secondary N) is 7. The highest BCUT2D eigenvalue weighted by Crippen LogP contribution is 2.31. The summed E-state index contributed by atoms with van der Waals surface area (Å²) in [6.07, 6.45) is -0.0419. The third kappa shape index (κ3) is 16.7. The number of guanidine groups is 1. The van der Waals surface area contributed by atoms with Crippen molar-refractivity contribution in [3.8, 4) is 0 Å². The van der Waals surface area contributed by atoms with Crippen molar-refractivity contribution in [1.29, 1.82) is 5.41 Å². The molecule has 1 aliphatic heterocycles. The first-order chi connectivity index (χ1) is 28.6. The summed E-state index contributed by atoms with van der Waals surface area (Å²) in [6, 6.07) is 0.159. The highest BCUT2D eigenvalue weighted by molar-refractivity contribution is 8.15. The number of hydrogen-bond donors (Lipinski definition) is 10. The van der Waals surface area contributed by atoms with Gasteiger partial charge in [0.15, 0.2) is 12.0 Å². The number of thiazole rings is 1. The van der Waals surface area contributed by atoms with E-state index in [0.29, 0.717) is 51.3 Å². The van der Waals surface area contributed by atoms with E-state index in [1.54, 1.807) is 32.0 Å². The van der Waals surface area contributed by atoms with E-state index < -0.39 is 84.5 Å². The van der Waals surface area contributed by atoms with Crippen molar-refractivity contribution in [2.24, 2.45) is 16.6 Å². The Balaban J connectivity index is 1.63. The number of benzene rings is 1. The normalized spacial score (nSPS) is 15.4. The van der Waals surface area contributed by atoms with Gasteiger partial charge in [0.2, 0.25) is 29.5 Å². The number of nitrogens with zero attached hydrogens (tertiary/aromatic N) is 2. The third-order valence-corrected chi connectivity index (χ3v) is 10.9. The molecule has 0 fully saturated rings. The molecule has 22 nitrogen and oxygen atoms in total. The lowest BCUT2D eigenvalue weighted by molar-refractivity contribution is -0.141. The van der Waals surface area contributed by atoms with E-state index >= 15 is 0 Å². The molecule has 1 aromatic carbocycles. The van der Waals surface area contributed by atoms with Gasteiger partial charge in [-0.3, -0.25) is 39.2 Å². The van der Waals surface area contributed by atoms with E-state index in [-0.39, 0.29) is 45.2 Å². The van der Waals surface area contributed by atoms with Crippen LogP contribution in [0.15, 0.2) is 23.2 Å². The van der Waals surface area contributed by atoms with Crippen LogP contribution in [0.1, 0.15) is 44.5 Å². The lowest BCUT2D eigenvalue weighted by Crippen LogP contribution is -2.57. The smallest absolute Gasteiger partial charge is 0.329 e. The van der Waals surface area contributed by atoms with Crippen LogP contribution in [-0.2, 0) is 47.8 Å². The van der Waals surface area contributed by atoms with Crippen LogP contribution in [0.25, 0.3) is 10.2 Å². The predicted molar refractivity (Wildman–Crippen MR) is 222 cm³/mol. The first-order valence-electron chi connectivity index (χ1n) is 18.9. The number of carbonyl (C=O) groups excluding carboxylic acids is 5. The van der Waals surface area contributed by atoms with Crippen LogP contribution in [0.2, 0.25) is 0 Å². The Morgan fingerprint density at radius 2 is 1.68 bits per heavy atom. The van der Waals surface area contributed by atoms with Crippen LogP contribution in [0, 0.1) is 11.3 Å². The largest absolute Gasteiger partial charge is 0.481 e. The van der Waals surface area contributed by atoms with Crippen molar-refractivity contribution >= 4 is 91.5 Å². The van der Waals surface area contributed by atoms with E-state index in [4.69, 9.17) is 25.4 Å². The highest BCUT2D eigenvalue weighted by atomic mass is 32.2. The SMILES string of the molecule is CC[C@H](C)[C@H](NC(=O)COCCOCCOC)C(=O)N[C@@H](CC(=O)O)C(=O)NCC(=O)N[C@@H](CCCNC(=N)N)C(=O)Nc1ccc2nc(C3=N[C@@H](C(=O)O)CS3)sc2c1. The average Bonchev–Trinajstić information content (AvgIpc) is 3.87. The summed E-state index contributed by atoms with van der Waals surface area (Å²) in [5, 5.41) is 42.4. The quantitative estimate of drug-likeness (QED) is 0.0299. The molecule has 1 aliphatic rings. The molecule has 0 unspecified atom stereocenters. The maximum atomic E-state index is 13.5. The molecule has 5 atom stereocenters. The number of rotatable bonds is 27. The van der Waals surface area contributed by atoms with Crippen LogP contribution in [-0.4, -0.2) is 151 Å². The molecule has 11 N–H and O–H groups in total. The number of nitrogens with two attached hydrogens (primary N) is 1. The van der Waals surface area contributed by atoms with Crippen molar-refractivity contribution in [3.63, 3.8) is 0 Å². The fourth-order valence-electron chi connectivity index (χ4n) is 5.36. The molecule has 2 aromatic rings. The number of carbonyl (C=O) groups is 7. The molecule has 0 saturated heterocycles. The molecule has 330 valence electrons. The van der Waals surface area contributed by atoms with E-state index in [9.17, 15) is 43.8 Å². The Bertz CT molecular complexity index is 1880. The third-order valence-electron chi connectivity index (χ3n) is 8.70. The number of amides is 5. The molecule has 0 saturated carbocycles. The Morgan fingerprint density at radius 3 is 2.35 bits per heavy atom. The Morgan fingerprint density at radius 1 is 0.950 bits per heavy atom. The summed E-state index contributed by atoms with van der Waals surface area (Å²) < 4.78 is 16.1. The van der Waals surface area contributed by atoms with Gasteiger partial charge >= 0.3 is 11.9 Å². The topological polar surface area (TPSA) is 335 Å². The zero-order valence-electron chi connectivity index (χ0n) is 33.4. The second-order valence-corrected chi connectivity index (χ2v) is 15.4. The Kier molecular flexibility index (Phi) is 20.6. The minimum absolute atomic E-state index is 0.0775. The van der Waals surface area contributed by atoms with E-state index in [1.165, 1.54) is 30.2 Å². The lowest BCUT2D eigenvalue weighted by Gasteiger charge is -2.26. The van der Waals surface area contributed by atoms with E-state index in [0.717, 1.165) is 0 Å². The van der Waals surface area contributed by atoms with Gasteiger partial charge in [-0.2, -0.15) is 0 Å². The lowest BCUT2D eigenvalue weighted by atomic mass is 9.97. The standard InChI is InChI=1S/C36H52N10O12S2/c1-4-19(2)29(46-27(48)17-58-13-12-57-11-10-56-3)32(53)43-23(15-28(49)50)30(51)40-16-26(47)42-22(6-5-9-39-36(37)38)31(52)41-20-7-8-21-25(14-20)60-34(44-21)33-45-24(18-59-33)35(54)55/h7-8,14,19,22-24,29H,4-6,9-13,15-18H2,1-3H3,(H,40,51)(H,41,52)(H,42,47)(H,43,53)(H,46,48)(H,49,50)(H,54,55)(H4,37,38,39)/t19-,22-,23-,24+,29-/m0/s1. The first kappa shape index (κ1) is 48.9. The number of thioether (sulfide) groups is 1. The number of carboxylic acid groups (broad SMARTS) is 2. The number of hydrogen-bond acceptors (Lipinski definition) is 15. The maximum Gasteiger partial charge on any atom is 0.329 e. The summed E-state index contributed by atoms with van der Waals surface area (Å²) in [6.45, 7) is 3.66. The summed E-state index contributed by atoms with van der Waals surface area (Å²) in [5.74, 6) is -6.74. The van der Waals surface area contributed by atoms with Crippen molar-refractivity contribution < 1.29 is 58.0 Å². The average molecular weight is 881 g/mol. The second-order valence-electron chi connectivity index (χ2n) is 13.4. The number of methoxy groups -OCH3 is 1. The number of aliphatic carboxylic acids is 2. The van der Waals surface area contributed by atoms with Gasteiger partial charge in [-0.1, -0.05) is 20.3 Å². The number of aliphatic imine (C=N–C) groups is 1. The number of ether oxygens (including phenoxy) is 3. The predicted octanol–water partition coefficient (Wildman–Crippen LogP) is -0.784. The molecule has 0 aliphatic carbocycles. The second kappa shape index (κ2) is 25.3. The van der Waals surface area contributed by atoms with Crippen LogP contribution in [0.5, 0.6) is 0 Å². The summed E-state index contributed by atoms with van der Waals surface area (Å²) >= 11 is 2.56. The molecule has 60 heavy (non-hydrogen) atoms. The van der Waals surface area contributed by atoms with E-state index in [2.05, 4.69) is 41.9 Å². The van der Waals surface area contributed by atoms with E-state index in [1.807, 2.05) is 0 Å². The van der Waals surface area contributed by atoms with Crippen molar-refractivity contribution in [1.82, 2.24) is 31.6 Å². The summed E-state index contributed by atoms with van der Waals surface area (Å²) in [5.41, 5.74) is 6.33. The van der Waals surface area contributed by atoms with Gasteiger partial charge in [-0.15, -0.1) is 23.1 Å². The molecule has 0 bridgehead atoms. The highest BCUT2D eigenvalue weighted by Gasteiger charge is 2.32. The number of aromatic nitrogens is 1. The van der Waals surface area contributed by atoms with Gasteiger partial charge in [0.1, 0.15) is 34.8 Å². The van der Waals surface area contributed by atoms with Crippen LogP contribution < -0.4 is 37.6 Å². The monoisotopic (exact) mass is 880 g/mol. The fraction of sp³-hybridized carbons (Fsp3) is 0.556. The summed E-state index contributed by atoms with van der Waals surface area (Å²) in [7, 11) is 1.53. The van der Waals surface area contributed by atoms with Crippen molar-refractivity contribution in [3.05, 3.63) is 23.2 Å². The minimum Gasteiger partial charge on any atom is -0.481 e. The molecule has 5 amide bonds. The van der Waals surface area contributed by atoms with Crippen LogP contribution in [0.4, 0.5) is 5.69 Å². The van der Waals surface area contributed by atoms with Crippen LogP contribution in [0.3, 0.4) is 0 Å². The molecule has 1 aromatic heterocycles. The Hall–Kier alpha value is -5.43. The summed E-state index contributed by atoms with van der Waals surface area (Å²) in [4.78, 5) is 97.5. The van der Waals surface area contributed by atoms with Gasteiger partial charge < -0.3 is 62.1 Å². The van der Waals surface area contributed by atoms with Crippen LogP contribution >= 0.6 is 23.1 Å². The number of carboxylic acids is 2. The minimum atomic E-state index is -1.64. The molecular formula is C36H52N10O12S2. The molecule has 3 rings (SSSR count). The maximum absolute atomic E-state index is 13.5. The van der Waals surface area contributed by atoms with Crippen molar-refractivity contribution in [2.75, 3.05) is 64.3 Å². The zero-order chi connectivity index (χ0) is 44.2. The Labute approximate surface area is 353 Å². The molecule has 0 radical (unpaired) electrons. The van der Waals surface area contributed by atoms with Gasteiger partial charge in [0, 0.05) is 25.1 Å². The molecular weight excluding hydrogens is 829 g/mol.